The quantitative estimate of drug-likeness (QED) is 0.840. The van der Waals surface area contributed by atoms with Gasteiger partial charge in [0.25, 0.3) is 0 Å². The van der Waals surface area contributed by atoms with Crippen LogP contribution >= 0.6 is 0 Å². The molecule has 2 unspecified atom stereocenters. The van der Waals surface area contributed by atoms with Crippen LogP contribution in [0.2, 0.25) is 0 Å². The second-order valence-electron chi connectivity index (χ2n) is 5.80. The zero-order chi connectivity index (χ0) is 11.7. The standard InChI is InChI=1S/C16H22O/c17-16(12-6-2-1-3-7-12)11-14-10-13-8-4-5-9-15(13)14/h4-5,8-9,12,14,16-17H,1-3,6-7,10-11H2. The summed E-state index contributed by atoms with van der Waals surface area (Å²) in [5.41, 5.74) is 2.98. The molecule has 0 bridgehead atoms. The van der Waals surface area contributed by atoms with Crippen molar-refractivity contribution >= 4 is 0 Å². The van der Waals surface area contributed by atoms with Crippen LogP contribution in [0.25, 0.3) is 0 Å². The Bertz CT molecular complexity index is 379. The van der Waals surface area contributed by atoms with Crippen molar-refractivity contribution < 1.29 is 5.11 Å². The van der Waals surface area contributed by atoms with Crippen LogP contribution in [0.15, 0.2) is 24.3 Å². The van der Waals surface area contributed by atoms with Gasteiger partial charge in [-0.15, -0.1) is 0 Å². The monoisotopic (exact) mass is 230 g/mol. The lowest BCUT2D eigenvalue weighted by atomic mass is 9.72. The van der Waals surface area contributed by atoms with Crippen LogP contribution in [-0.2, 0) is 6.42 Å². The topological polar surface area (TPSA) is 20.2 Å². The van der Waals surface area contributed by atoms with Crippen molar-refractivity contribution in [1.29, 1.82) is 0 Å². The maximum atomic E-state index is 10.3. The van der Waals surface area contributed by atoms with Crippen LogP contribution < -0.4 is 0 Å². The van der Waals surface area contributed by atoms with Gasteiger partial charge in [-0.25, -0.2) is 0 Å². The van der Waals surface area contributed by atoms with E-state index < -0.39 is 0 Å². The largest absolute Gasteiger partial charge is 0.393 e. The predicted molar refractivity (Wildman–Crippen MR) is 70.1 cm³/mol. The van der Waals surface area contributed by atoms with E-state index in [0.29, 0.717) is 11.8 Å². The van der Waals surface area contributed by atoms with E-state index in [1.165, 1.54) is 49.7 Å². The summed E-state index contributed by atoms with van der Waals surface area (Å²) in [7, 11) is 0. The van der Waals surface area contributed by atoms with Gasteiger partial charge in [-0.2, -0.15) is 0 Å². The SMILES string of the molecule is OC(CC1Cc2ccccc21)C1CCCCC1. The van der Waals surface area contributed by atoms with Gasteiger partial charge < -0.3 is 5.11 Å². The Labute approximate surface area is 104 Å². The van der Waals surface area contributed by atoms with Gasteiger partial charge in [0.05, 0.1) is 6.10 Å². The summed E-state index contributed by atoms with van der Waals surface area (Å²) >= 11 is 0. The Morgan fingerprint density at radius 2 is 1.88 bits per heavy atom. The molecule has 2 aliphatic rings. The fourth-order valence-electron chi connectivity index (χ4n) is 3.58. The van der Waals surface area contributed by atoms with Crippen LogP contribution in [0.3, 0.4) is 0 Å². The average molecular weight is 230 g/mol. The van der Waals surface area contributed by atoms with Gasteiger partial charge in [0.1, 0.15) is 0 Å². The molecule has 0 spiro atoms. The van der Waals surface area contributed by atoms with E-state index >= 15 is 0 Å². The molecule has 0 saturated heterocycles. The zero-order valence-corrected chi connectivity index (χ0v) is 10.4. The van der Waals surface area contributed by atoms with Crippen molar-refractivity contribution in [2.45, 2.75) is 57.0 Å². The maximum absolute atomic E-state index is 10.3. The molecule has 1 N–H and O–H groups in total. The maximum Gasteiger partial charge on any atom is 0.0574 e. The van der Waals surface area contributed by atoms with Crippen LogP contribution in [0.4, 0.5) is 0 Å². The van der Waals surface area contributed by atoms with Gasteiger partial charge in [0, 0.05) is 0 Å². The molecule has 1 aromatic carbocycles. The summed E-state index contributed by atoms with van der Waals surface area (Å²) in [6, 6.07) is 8.69. The molecule has 1 aromatic rings. The highest BCUT2D eigenvalue weighted by Gasteiger charge is 2.30. The summed E-state index contributed by atoms with van der Waals surface area (Å²) in [6.07, 6.45) is 8.61. The second kappa shape index (κ2) is 4.81. The summed E-state index contributed by atoms with van der Waals surface area (Å²) in [5.74, 6) is 1.21. The first-order valence-electron chi connectivity index (χ1n) is 7.10. The molecule has 1 saturated carbocycles. The number of fused-ring (bicyclic) bond motifs is 1. The number of aliphatic hydroxyl groups is 1. The summed E-state index contributed by atoms with van der Waals surface area (Å²) in [4.78, 5) is 0. The van der Waals surface area contributed by atoms with E-state index in [0.717, 1.165) is 6.42 Å². The lowest BCUT2D eigenvalue weighted by molar-refractivity contribution is 0.0686. The van der Waals surface area contributed by atoms with E-state index in [2.05, 4.69) is 24.3 Å². The smallest absolute Gasteiger partial charge is 0.0574 e. The molecule has 1 fully saturated rings. The van der Waals surface area contributed by atoms with Gasteiger partial charge in [-0.3, -0.25) is 0 Å². The minimum Gasteiger partial charge on any atom is -0.393 e. The molecule has 2 atom stereocenters. The molecule has 0 aliphatic heterocycles. The van der Waals surface area contributed by atoms with Crippen LogP contribution in [0.1, 0.15) is 55.6 Å². The summed E-state index contributed by atoms with van der Waals surface area (Å²) < 4.78 is 0. The first-order valence-corrected chi connectivity index (χ1v) is 7.10. The Hall–Kier alpha value is -0.820. The Morgan fingerprint density at radius 1 is 1.12 bits per heavy atom. The van der Waals surface area contributed by atoms with Crippen molar-refractivity contribution in [3.05, 3.63) is 35.4 Å². The molecule has 0 aromatic heterocycles. The Morgan fingerprint density at radius 3 is 2.65 bits per heavy atom. The van der Waals surface area contributed by atoms with E-state index in [1.54, 1.807) is 0 Å². The molecular weight excluding hydrogens is 208 g/mol. The number of rotatable bonds is 3. The highest BCUT2D eigenvalue weighted by Crippen LogP contribution is 2.40. The predicted octanol–water partition coefficient (Wildman–Crippen LogP) is 3.66. The van der Waals surface area contributed by atoms with Crippen LogP contribution in [0, 0.1) is 5.92 Å². The van der Waals surface area contributed by atoms with Gasteiger partial charge in [0.2, 0.25) is 0 Å². The molecule has 0 heterocycles. The van der Waals surface area contributed by atoms with Gasteiger partial charge in [-0.1, -0.05) is 43.5 Å². The minimum absolute atomic E-state index is 0.0614. The van der Waals surface area contributed by atoms with E-state index in [9.17, 15) is 5.11 Å². The molecule has 1 heteroatoms. The summed E-state index contributed by atoms with van der Waals surface area (Å²) in [6.45, 7) is 0. The van der Waals surface area contributed by atoms with E-state index in [1.807, 2.05) is 0 Å². The third-order valence-corrected chi connectivity index (χ3v) is 4.68. The van der Waals surface area contributed by atoms with Gasteiger partial charge >= 0.3 is 0 Å². The summed E-state index contributed by atoms with van der Waals surface area (Å²) in [5, 5.41) is 10.3. The van der Waals surface area contributed by atoms with Crippen molar-refractivity contribution in [2.75, 3.05) is 0 Å². The average Bonchev–Trinajstić information content (AvgIpc) is 2.37. The Balaban J connectivity index is 1.58. The molecule has 17 heavy (non-hydrogen) atoms. The van der Waals surface area contributed by atoms with E-state index in [-0.39, 0.29) is 6.10 Å². The molecular formula is C16H22O. The van der Waals surface area contributed by atoms with Crippen LogP contribution in [0.5, 0.6) is 0 Å². The minimum atomic E-state index is -0.0614. The highest BCUT2D eigenvalue weighted by molar-refractivity contribution is 5.39. The normalized spacial score (nSPS) is 26.1. The highest BCUT2D eigenvalue weighted by atomic mass is 16.3. The number of hydrogen-bond donors (Lipinski definition) is 1. The van der Waals surface area contributed by atoms with Crippen molar-refractivity contribution in [3.8, 4) is 0 Å². The number of aliphatic hydroxyl groups excluding tert-OH is 1. The lowest BCUT2D eigenvalue weighted by Gasteiger charge is -2.35. The van der Waals surface area contributed by atoms with Gasteiger partial charge in [-0.05, 0) is 48.6 Å². The van der Waals surface area contributed by atoms with Crippen LogP contribution in [-0.4, -0.2) is 11.2 Å². The first-order chi connectivity index (χ1) is 8.34. The zero-order valence-electron chi connectivity index (χ0n) is 10.4. The fraction of sp³-hybridized carbons (Fsp3) is 0.625. The molecule has 3 rings (SSSR count). The number of benzene rings is 1. The molecule has 92 valence electrons. The van der Waals surface area contributed by atoms with Crippen molar-refractivity contribution in [2.24, 2.45) is 5.92 Å². The molecule has 0 amide bonds. The lowest BCUT2D eigenvalue weighted by Crippen LogP contribution is -2.28. The van der Waals surface area contributed by atoms with E-state index in [4.69, 9.17) is 0 Å². The molecule has 0 radical (unpaired) electrons. The Kier molecular flexibility index (Phi) is 3.19. The first kappa shape index (κ1) is 11.3. The molecule has 2 aliphatic carbocycles. The third kappa shape index (κ3) is 2.26. The second-order valence-corrected chi connectivity index (χ2v) is 5.80. The van der Waals surface area contributed by atoms with Crippen molar-refractivity contribution in [3.63, 3.8) is 0 Å². The third-order valence-electron chi connectivity index (χ3n) is 4.68. The van der Waals surface area contributed by atoms with Crippen molar-refractivity contribution in [1.82, 2.24) is 0 Å². The molecule has 1 nitrogen and oxygen atoms in total. The fourth-order valence-corrected chi connectivity index (χ4v) is 3.58. The van der Waals surface area contributed by atoms with Gasteiger partial charge in [0.15, 0.2) is 0 Å². The number of hydrogen-bond acceptors (Lipinski definition) is 1.